The Morgan fingerprint density at radius 1 is 1.32 bits per heavy atom. The van der Waals surface area contributed by atoms with Crippen LogP contribution in [-0.4, -0.2) is 13.0 Å². The third kappa shape index (κ3) is 4.58. The molecule has 1 rings (SSSR count). The molecule has 0 aliphatic heterocycles. The quantitative estimate of drug-likeness (QED) is 0.892. The highest BCUT2D eigenvalue weighted by molar-refractivity contribution is 5.92. The molecule has 3 nitrogen and oxygen atoms in total. The van der Waals surface area contributed by atoms with Crippen molar-refractivity contribution >= 4 is 11.6 Å². The number of hydrogen-bond acceptors (Lipinski definition) is 2. The van der Waals surface area contributed by atoms with Crippen molar-refractivity contribution in [1.29, 1.82) is 0 Å². The first-order chi connectivity index (χ1) is 8.74. The summed E-state index contributed by atoms with van der Waals surface area (Å²) >= 11 is 0. The van der Waals surface area contributed by atoms with Gasteiger partial charge in [-0.2, -0.15) is 0 Å². The van der Waals surface area contributed by atoms with Crippen molar-refractivity contribution in [1.82, 2.24) is 0 Å². The molecule has 0 unspecified atom stereocenters. The molecule has 0 aromatic heterocycles. The predicted molar refractivity (Wildman–Crippen MR) is 79.8 cm³/mol. The fraction of sp³-hybridized carbons (Fsp3) is 0.562. The highest BCUT2D eigenvalue weighted by atomic mass is 16.5. The highest BCUT2D eigenvalue weighted by Crippen LogP contribution is 2.31. The zero-order valence-electron chi connectivity index (χ0n) is 12.8. The lowest BCUT2D eigenvalue weighted by Crippen LogP contribution is -2.16. The van der Waals surface area contributed by atoms with Gasteiger partial charge in [-0.05, 0) is 29.0 Å². The van der Waals surface area contributed by atoms with E-state index in [-0.39, 0.29) is 11.3 Å². The van der Waals surface area contributed by atoms with Crippen LogP contribution in [0.25, 0.3) is 0 Å². The summed E-state index contributed by atoms with van der Waals surface area (Å²) in [4.78, 5) is 11.9. The summed E-state index contributed by atoms with van der Waals surface area (Å²) in [6.07, 6.45) is 0.517. The largest absolute Gasteiger partial charge is 0.495 e. The van der Waals surface area contributed by atoms with Crippen LogP contribution in [0.5, 0.6) is 5.75 Å². The summed E-state index contributed by atoms with van der Waals surface area (Å²) in [6, 6.07) is 5.94. The zero-order chi connectivity index (χ0) is 14.6. The molecule has 3 heteroatoms. The van der Waals surface area contributed by atoms with Crippen LogP contribution in [0.3, 0.4) is 0 Å². The van der Waals surface area contributed by atoms with Crippen LogP contribution in [0, 0.1) is 5.92 Å². The van der Waals surface area contributed by atoms with Crippen molar-refractivity contribution in [3.63, 3.8) is 0 Å². The molecule has 1 aromatic rings. The number of anilines is 1. The molecule has 0 radical (unpaired) electrons. The molecule has 1 aromatic carbocycles. The first-order valence-corrected chi connectivity index (χ1v) is 6.72. The van der Waals surface area contributed by atoms with E-state index in [0.29, 0.717) is 18.1 Å². The summed E-state index contributed by atoms with van der Waals surface area (Å²) in [5, 5.41) is 2.94. The molecule has 0 atom stereocenters. The lowest BCUT2D eigenvalue weighted by molar-refractivity contribution is -0.116. The molecular weight excluding hydrogens is 238 g/mol. The lowest BCUT2D eigenvalue weighted by atomic mass is 9.87. The third-order valence-corrected chi connectivity index (χ3v) is 2.93. The van der Waals surface area contributed by atoms with Crippen LogP contribution in [0.1, 0.15) is 46.6 Å². The average Bonchev–Trinajstić information content (AvgIpc) is 2.26. The van der Waals surface area contributed by atoms with Crippen LogP contribution in [0.2, 0.25) is 0 Å². The molecule has 0 saturated carbocycles. The van der Waals surface area contributed by atoms with Crippen molar-refractivity contribution in [2.24, 2.45) is 5.92 Å². The maximum atomic E-state index is 11.9. The maximum Gasteiger partial charge on any atom is 0.224 e. The van der Waals surface area contributed by atoms with Crippen molar-refractivity contribution in [3.8, 4) is 5.75 Å². The number of carbonyl (C=O) groups excluding carboxylic acids is 1. The van der Waals surface area contributed by atoms with E-state index in [2.05, 4.69) is 26.1 Å². The molecule has 0 fully saturated rings. The highest BCUT2D eigenvalue weighted by Gasteiger charge is 2.17. The van der Waals surface area contributed by atoms with Crippen molar-refractivity contribution in [2.75, 3.05) is 12.4 Å². The Kier molecular flexibility index (Phi) is 4.98. The maximum absolute atomic E-state index is 11.9. The number of methoxy groups -OCH3 is 1. The first kappa shape index (κ1) is 15.5. The molecule has 1 amide bonds. The number of ether oxygens (including phenoxy) is 1. The van der Waals surface area contributed by atoms with Gasteiger partial charge in [0.15, 0.2) is 0 Å². The van der Waals surface area contributed by atoms with Crippen LogP contribution < -0.4 is 10.1 Å². The molecule has 0 aliphatic carbocycles. The van der Waals surface area contributed by atoms with Gasteiger partial charge in [0, 0.05) is 6.42 Å². The van der Waals surface area contributed by atoms with Crippen molar-refractivity contribution in [2.45, 2.75) is 46.5 Å². The monoisotopic (exact) mass is 263 g/mol. The van der Waals surface area contributed by atoms with E-state index in [4.69, 9.17) is 4.74 Å². The number of carbonyl (C=O) groups is 1. The lowest BCUT2D eigenvalue weighted by Gasteiger charge is -2.21. The van der Waals surface area contributed by atoms with Gasteiger partial charge in [-0.3, -0.25) is 4.79 Å². The SMILES string of the molecule is COc1ccc(C(C)(C)C)cc1NC(=O)CC(C)C. The van der Waals surface area contributed by atoms with E-state index >= 15 is 0 Å². The van der Waals surface area contributed by atoms with Gasteiger partial charge >= 0.3 is 0 Å². The van der Waals surface area contributed by atoms with E-state index in [0.717, 1.165) is 5.69 Å². The molecule has 0 saturated heterocycles. The topological polar surface area (TPSA) is 38.3 Å². The minimum Gasteiger partial charge on any atom is -0.495 e. The van der Waals surface area contributed by atoms with Crippen LogP contribution in [0.4, 0.5) is 5.69 Å². The van der Waals surface area contributed by atoms with Gasteiger partial charge in [-0.25, -0.2) is 0 Å². The van der Waals surface area contributed by atoms with Gasteiger partial charge in [0.05, 0.1) is 12.8 Å². The molecular formula is C16H25NO2. The number of nitrogens with one attached hydrogen (secondary N) is 1. The van der Waals surface area contributed by atoms with E-state index in [9.17, 15) is 4.79 Å². The normalized spacial score (nSPS) is 11.5. The van der Waals surface area contributed by atoms with E-state index in [1.807, 2.05) is 32.0 Å². The third-order valence-electron chi connectivity index (χ3n) is 2.93. The van der Waals surface area contributed by atoms with Gasteiger partial charge in [-0.15, -0.1) is 0 Å². The van der Waals surface area contributed by atoms with Gasteiger partial charge in [0.1, 0.15) is 5.75 Å². The number of amides is 1. The molecule has 0 spiro atoms. The summed E-state index contributed by atoms with van der Waals surface area (Å²) in [5.41, 5.74) is 1.97. The summed E-state index contributed by atoms with van der Waals surface area (Å²) < 4.78 is 5.30. The zero-order valence-corrected chi connectivity index (χ0v) is 12.8. The van der Waals surface area contributed by atoms with Gasteiger partial charge in [0.2, 0.25) is 5.91 Å². The van der Waals surface area contributed by atoms with Crippen LogP contribution in [0.15, 0.2) is 18.2 Å². The Morgan fingerprint density at radius 3 is 2.42 bits per heavy atom. The summed E-state index contributed by atoms with van der Waals surface area (Å²) in [5.74, 6) is 1.07. The molecule has 1 N–H and O–H groups in total. The molecule has 0 bridgehead atoms. The van der Waals surface area contributed by atoms with Gasteiger partial charge in [-0.1, -0.05) is 40.7 Å². The second-order valence-corrected chi connectivity index (χ2v) is 6.31. The summed E-state index contributed by atoms with van der Waals surface area (Å²) in [7, 11) is 1.62. The second kappa shape index (κ2) is 6.09. The van der Waals surface area contributed by atoms with E-state index < -0.39 is 0 Å². The van der Waals surface area contributed by atoms with Gasteiger partial charge < -0.3 is 10.1 Å². The van der Waals surface area contributed by atoms with Crippen molar-refractivity contribution in [3.05, 3.63) is 23.8 Å². The Bertz CT molecular complexity index is 445. The smallest absolute Gasteiger partial charge is 0.224 e. The number of benzene rings is 1. The summed E-state index contributed by atoms with van der Waals surface area (Å²) in [6.45, 7) is 10.5. The second-order valence-electron chi connectivity index (χ2n) is 6.31. The van der Waals surface area contributed by atoms with Crippen LogP contribution in [-0.2, 0) is 10.2 Å². The average molecular weight is 263 g/mol. The Labute approximate surface area is 116 Å². The fourth-order valence-corrected chi connectivity index (χ4v) is 1.84. The van der Waals surface area contributed by atoms with E-state index in [1.54, 1.807) is 7.11 Å². The number of hydrogen-bond donors (Lipinski definition) is 1. The fourth-order valence-electron chi connectivity index (χ4n) is 1.84. The predicted octanol–water partition coefficient (Wildman–Crippen LogP) is 3.98. The molecule has 0 heterocycles. The number of rotatable bonds is 4. The van der Waals surface area contributed by atoms with Crippen molar-refractivity contribution < 1.29 is 9.53 Å². The Morgan fingerprint density at radius 2 is 1.95 bits per heavy atom. The Balaban J connectivity index is 3.00. The Hall–Kier alpha value is -1.51. The first-order valence-electron chi connectivity index (χ1n) is 6.72. The molecule has 0 aliphatic rings. The van der Waals surface area contributed by atoms with Gasteiger partial charge in [0.25, 0.3) is 0 Å². The standard InChI is InChI=1S/C16H25NO2/c1-11(2)9-15(18)17-13-10-12(16(3,4)5)7-8-14(13)19-6/h7-8,10-11H,9H2,1-6H3,(H,17,18). The minimum atomic E-state index is 0.0272. The van der Waals surface area contributed by atoms with Crippen LogP contribution >= 0.6 is 0 Å². The molecule has 19 heavy (non-hydrogen) atoms. The minimum absolute atomic E-state index is 0.0272. The molecule has 106 valence electrons. The van der Waals surface area contributed by atoms with E-state index in [1.165, 1.54) is 5.56 Å².